The highest BCUT2D eigenvalue weighted by Gasteiger charge is 2.57. The van der Waals surface area contributed by atoms with E-state index in [0.717, 1.165) is 43.7 Å². The predicted octanol–water partition coefficient (Wildman–Crippen LogP) is 4.12. The second-order valence-corrected chi connectivity index (χ2v) is 9.84. The molecular weight excluding hydrogens is 372 g/mol. The zero-order valence-corrected chi connectivity index (χ0v) is 18.2. The van der Waals surface area contributed by atoms with Crippen molar-refractivity contribution < 1.29 is 9.84 Å². The predicted molar refractivity (Wildman–Crippen MR) is 119 cm³/mol. The highest BCUT2D eigenvalue weighted by molar-refractivity contribution is 5.40. The van der Waals surface area contributed by atoms with Crippen LogP contribution in [-0.2, 0) is 12.8 Å². The van der Waals surface area contributed by atoms with Crippen molar-refractivity contribution >= 4 is 0 Å². The van der Waals surface area contributed by atoms with Gasteiger partial charge in [0, 0.05) is 30.9 Å². The number of nitrogens with one attached hydrogen (secondary N) is 1. The normalized spacial score (nSPS) is 34.7. The van der Waals surface area contributed by atoms with Crippen molar-refractivity contribution in [3.63, 3.8) is 0 Å². The number of benzene rings is 1. The first-order chi connectivity index (χ1) is 14.6. The van der Waals surface area contributed by atoms with Crippen molar-refractivity contribution in [2.45, 2.75) is 63.5 Å². The summed E-state index contributed by atoms with van der Waals surface area (Å²) < 4.78 is 5.45. The Morgan fingerprint density at radius 1 is 1.23 bits per heavy atom. The number of ether oxygens (including phenoxy) is 1. The van der Waals surface area contributed by atoms with E-state index < -0.39 is 0 Å². The van der Waals surface area contributed by atoms with Crippen LogP contribution >= 0.6 is 0 Å². The highest BCUT2D eigenvalue weighted by atomic mass is 16.5. The molecule has 0 radical (unpaired) electrons. The summed E-state index contributed by atoms with van der Waals surface area (Å²) in [6.45, 7) is 3.22. The smallest absolute Gasteiger partial charge is 0.119 e. The lowest BCUT2D eigenvalue weighted by molar-refractivity contribution is -0.0279. The molecule has 0 aliphatic heterocycles. The molecule has 1 aromatic carbocycles. The lowest BCUT2D eigenvalue weighted by Crippen LogP contribution is -2.46. The van der Waals surface area contributed by atoms with Crippen molar-refractivity contribution in [2.24, 2.45) is 17.3 Å². The second kappa shape index (κ2) is 7.97. The first-order valence-corrected chi connectivity index (χ1v) is 11.6. The average molecular weight is 407 g/mol. The lowest BCUT2D eigenvalue weighted by atomic mass is 9.55. The van der Waals surface area contributed by atoms with E-state index in [-0.39, 0.29) is 17.6 Å². The van der Waals surface area contributed by atoms with Crippen LogP contribution in [0.25, 0.3) is 0 Å². The standard InChI is InChI=1S/C26H34N2O2/c1-26-12-10-21-20-9-7-19(30-2)15-17(20)6-8-22(21)23(26)16-24(25(26)29)28-14-11-18-5-3-4-13-27-18/h3-5,7,9,13,15,21-25,28-29H,6,8,10-12,14,16H2,1-2H3/t21-,22-,23+,24+,25-,26+/m1/s1. The van der Waals surface area contributed by atoms with Gasteiger partial charge in [-0.05, 0) is 90.7 Å². The van der Waals surface area contributed by atoms with Crippen molar-refractivity contribution in [3.05, 3.63) is 59.4 Å². The summed E-state index contributed by atoms with van der Waals surface area (Å²) in [5.41, 5.74) is 4.16. The van der Waals surface area contributed by atoms with E-state index in [9.17, 15) is 5.11 Å². The molecule has 3 aliphatic carbocycles. The number of nitrogens with zero attached hydrogens (tertiary/aromatic N) is 1. The summed E-state index contributed by atoms with van der Waals surface area (Å²) in [6.07, 6.45) is 8.26. The summed E-state index contributed by atoms with van der Waals surface area (Å²) >= 11 is 0. The molecule has 1 heterocycles. The minimum atomic E-state index is -0.260. The molecule has 0 spiro atoms. The van der Waals surface area contributed by atoms with E-state index in [1.54, 1.807) is 7.11 Å². The van der Waals surface area contributed by atoms with Crippen LogP contribution in [-0.4, -0.2) is 35.9 Å². The maximum Gasteiger partial charge on any atom is 0.119 e. The van der Waals surface area contributed by atoms with Gasteiger partial charge in [0.1, 0.15) is 5.75 Å². The van der Waals surface area contributed by atoms with Crippen molar-refractivity contribution in [2.75, 3.05) is 13.7 Å². The molecule has 0 bridgehead atoms. The van der Waals surface area contributed by atoms with Gasteiger partial charge in [0.05, 0.1) is 13.2 Å². The van der Waals surface area contributed by atoms with Crippen LogP contribution in [0.5, 0.6) is 5.75 Å². The van der Waals surface area contributed by atoms with Gasteiger partial charge in [0.2, 0.25) is 0 Å². The molecule has 6 atom stereocenters. The highest BCUT2D eigenvalue weighted by Crippen LogP contribution is 2.60. The van der Waals surface area contributed by atoms with Gasteiger partial charge < -0.3 is 15.2 Å². The largest absolute Gasteiger partial charge is 0.497 e. The SMILES string of the molecule is COc1ccc2c(c1)CC[C@@H]1[C@@H]2CC[C@]2(C)[C@H](O)[C@@H](NCCc3ccccn3)C[C@@H]12. The number of hydrogen-bond acceptors (Lipinski definition) is 4. The molecule has 0 unspecified atom stereocenters. The third kappa shape index (κ3) is 3.34. The number of fused-ring (bicyclic) bond motifs is 5. The molecule has 2 fully saturated rings. The first-order valence-electron chi connectivity index (χ1n) is 11.6. The molecule has 0 saturated heterocycles. The van der Waals surface area contributed by atoms with Crippen LogP contribution in [0.4, 0.5) is 0 Å². The Kier molecular flexibility index (Phi) is 5.32. The molecule has 1 aromatic heterocycles. The van der Waals surface area contributed by atoms with E-state index in [0.29, 0.717) is 17.8 Å². The van der Waals surface area contributed by atoms with E-state index in [2.05, 4.69) is 41.5 Å². The van der Waals surface area contributed by atoms with Crippen LogP contribution in [0.1, 0.15) is 55.3 Å². The molecular formula is C26H34N2O2. The average Bonchev–Trinajstić information content (AvgIpc) is 3.04. The van der Waals surface area contributed by atoms with Crippen LogP contribution < -0.4 is 10.1 Å². The van der Waals surface area contributed by atoms with E-state index in [1.807, 2.05) is 18.3 Å². The van der Waals surface area contributed by atoms with E-state index >= 15 is 0 Å². The minimum absolute atomic E-state index is 0.0355. The Balaban J connectivity index is 1.30. The fraction of sp³-hybridized carbons (Fsp3) is 0.577. The van der Waals surface area contributed by atoms with Gasteiger partial charge in [-0.3, -0.25) is 4.98 Å². The van der Waals surface area contributed by atoms with Crippen LogP contribution in [0, 0.1) is 17.3 Å². The molecule has 2 N–H and O–H groups in total. The number of methoxy groups -OCH3 is 1. The van der Waals surface area contributed by atoms with Crippen LogP contribution in [0.3, 0.4) is 0 Å². The summed E-state index contributed by atoms with van der Waals surface area (Å²) in [5.74, 6) is 2.88. The fourth-order valence-corrected chi connectivity index (χ4v) is 6.83. The molecule has 5 rings (SSSR count). The van der Waals surface area contributed by atoms with Gasteiger partial charge >= 0.3 is 0 Å². The Morgan fingerprint density at radius 3 is 2.93 bits per heavy atom. The van der Waals surface area contributed by atoms with Gasteiger partial charge in [-0.25, -0.2) is 0 Å². The summed E-state index contributed by atoms with van der Waals surface area (Å²) in [7, 11) is 1.75. The van der Waals surface area contributed by atoms with Crippen molar-refractivity contribution in [1.29, 1.82) is 0 Å². The quantitative estimate of drug-likeness (QED) is 0.784. The number of aliphatic hydroxyl groups is 1. The fourth-order valence-electron chi connectivity index (χ4n) is 6.83. The number of aromatic nitrogens is 1. The van der Waals surface area contributed by atoms with Crippen molar-refractivity contribution in [1.82, 2.24) is 10.3 Å². The molecule has 3 aliphatic rings. The topological polar surface area (TPSA) is 54.4 Å². The summed E-state index contributed by atoms with van der Waals surface area (Å²) in [6, 6.07) is 12.9. The zero-order valence-electron chi connectivity index (χ0n) is 18.2. The molecule has 160 valence electrons. The molecule has 2 saturated carbocycles. The molecule has 0 amide bonds. The Hall–Kier alpha value is -1.91. The van der Waals surface area contributed by atoms with Gasteiger partial charge in [-0.2, -0.15) is 0 Å². The number of aryl methyl sites for hydroxylation is 1. The Bertz CT molecular complexity index is 886. The number of rotatable bonds is 5. The van der Waals surface area contributed by atoms with Crippen LogP contribution in [0.2, 0.25) is 0 Å². The summed E-state index contributed by atoms with van der Waals surface area (Å²) in [4.78, 5) is 4.42. The number of hydrogen-bond donors (Lipinski definition) is 2. The van der Waals surface area contributed by atoms with Gasteiger partial charge in [0.15, 0.2) is 0 Å². The van der Waals surface area contributed by atoms with Gasteiger partial charge in [-0.1, -0.05) is 19.1 Å². The third-order valence-electron chi connectivity index (χ3n) is 8.45. The van der Waals surface area contributed by atoms with E-state index in [4.69, 9.17) is 4.74 Å². The maximum absolute atomic E-state index is 11.3. The molecule has 4 heteroatoms. The third-order valence-corrected chi connectivity index (χ3v) is 8.45. The minimum Gasteiger partial charge on any atom is -0.497 e. The molecule has 2 aromatic rings. The Labute approximate surface area is 180 Å². The van der Waals surface area contributed by atoms with Crippen molar-refractivity contribution in [3.8, 4) is 5.75 Å². The summed E-state index contributed by atoms with van der Waals surface area (Å²) in [5, 5.41) is 15.0. The lowest BCUT2D eigenvalue weighted by Gasteiger charge is -2.50. The van der Waals surface area contributed by atoms with Crippen LogP contribution in [0.15, 0.2) is 42.6 Å². The number of aliphatic hydroxyl groups excluding tert-OH is 1. The van der Waals surface area contributed by atoms with E-state index in [1.165, 1.54) is 24.0 Å². The molecule has 30 heavy (non-hydrogen) atoms. The zero-order chi connectivity index (χ0) is 20.7. The second-order valence-electron chi connectivity index (χ2n) is 9.84. The first kappa shape index (κ1) is 20.0. The van der Waals surface area contributed by atoms with Gasteiger partial charge in [-0.15, -0.1) is 0 Å². The maximum atomic E-state index is 11.3. The Morgan fingerprint density at radius 2 is 2.13 bits per heavy atom. The monoisotopic (exact) mass is 406 g/mol. The number of pyridine rings is 1. The van der Waals surface area contributed by atoms with Gasteiger partial charge in [0.25, 0.3) is 0 Å². The molecule has 4 nitrogen and oxygen atoms in total.